The van der Waals surface area contributed by atoms with Crippen LogP contribution in [0.4, 0.5) is 0 Å². The van der Waals surface area contributed by atoms with Gasteiger partial charge in [-0.25, -0.2) is 0 Å². The number of aliphatic hydroxyl groups is 1. The Hall–Kier alpha value is -0.650. The third-order valence-corrected chi connectivity index (χ3v) is 4.52. The van der Waals surface area contributed by atoms with E-state index < -0.39 is 0 Å². The summed E-state index contributed by atoms with van der Waals surface area (Å²) in [5.74, 6) is 0. The highest BCUT2D eigenvalue weighted by atomic mass is 35.5. The van der Waals surface area contributed by atoms with Gasteiger partial charge in [0.2, 0.25) is 0 Å². The minimum absolute atomic E-state index is 0.327. The van der Waals surface area contributed by atoms with Crippen molar-refractivity contribution in [3.05, 3.63) is 34.9 Å². The number of likely N-dealkylation sites (tertiary alicyclic amines) is 1. The maximum atomic E-state index is 9.79. The van der Waals surface area contributed by atoms with Crippen LogP contribution in [-0.4, -0.2) is 55.5 Å². The Morgan fingerprint density at radius 3 is 2.55 bits per heavy atom. The number of hydrogen-bond acceptors (Lipinski definition) is 4. The quantitative estimate of drug-likeness (QED) is 0.808. The largest absolute Gasteiger partial charge is 0.389 e. The number of β-amino-alcohol motifs (C(OH)–C–C–N with tert-alkyl or cyclic N) is 1. The van der Waals surface area contributed by atoms with Crippen molar-refractivity contribution >= 4 is 11.6 Å². The molecule has 1 aliphatic rings. The fourth-order valence-corrected chi connectivity index (χ4v) is 3.15. The van der Waals surface area contributed by atoms with E-state index >= 15 is 0 Å². The SMILES string of the molecule is COCC(O)CN1CCC(NC(C)c2ccc(Cl)cc2)CC1. The van der Waals surface area contributed by atoms with Crippen LogP contribution < -0.4 is 5.32 Å². The number of halogens is 1. The number of hydrogen-bond donors (Lipinski definition) is 2. The molecule has 1 saturated heterocycles. The van der Waals surface area contributed by atoms with Gasteiger partial charge in [0.15, 0.2) is 0 Å². The number of nitrogens with one attached hydrogen (secondary N) is 1. The Balaban J connectivity index is 1.74. The van der Waals surface area contributed by atoms with Crippen LogP contribution in [0, 0.1) is 0 Å². The molecule has 0 aliphatic carbocycles. The Morgan fingerprint density at radius 2 is 1.95 bits per heavy atom. The van der Waals surface area contributed by atoms with Gasteiger partial charge in [-0.15, -0.1) is 0 Å². The van der Waals surface area contributed by atoms with E-state index in [1.807, 2.05) is 12.1 Å². The summed E-state index contributed by atoms with van der Waals surface area (Å²) in [6.45, 7) is 5.34. The fourth-order valence-electron chi connectivity index (χ4n) is 3.03. The van der Waals surface area contributed by atoms with Gasteiger partial charge in [0.25, 0.3) is 0 Å². The summed E-state index contributed by atoms with van der Waals surface area (Å²) in [7, 11) is 1.62. The van der Waals surface area contributed by atoms with Crippen LogP contribution in [0.5, 0.6) is 0 Å². The second-order valence-electron chi connectivity index (χ2n) is 6.12. The van der Waals surface area contributed by atoms with E-state index in [2.05, 4.69) is 29.3 Å². The van der Waals surface area contributed by atoms with E-state index in [9.17, 15) is 5.11 Å². The molecule has 1 aliphatic heterocycles. The standard InChI is InChI=1S/C17H27ClN2O2/c1-13(14-3-5-15(18)6-4-14)19-16-7-9-20(10-8-16)11-17(21)12-22-2/h3-6,13,16-17,19,21H,7-12H2,1-2H3. The van der Waals surface area contributed by atoms with Crippen LogP contribution in [0.3, 0.4) is 0 Å². The molecule has 4 nitrogen and oxygen atoms in total. The smallest absolute Gasteiger partial charge is 0.0900 e. The third-order valence-electron chi connectivity index (χ3n) is 4.27. The second kappa shape index (κ2) is 8.85. The van der Waals surface area contributed by atoms with Gasteiger partial charge in [0.05, 0.1) is 12.7 Å². The van der Waals surface area contributed by atoms with Gasteiger partial charge in [-0.3, -0.25) is 0 Å². The van der Waals surface area contributed by atoms with Gasteiger partial charge in [0, 0.05) is 30.8 Å². The van der Waals surface area contributed by atoms with Gasteiger partial charge in [-0.1, -0.05) is 23.7 Å². The summed E-state index contributed by atoms with van der Waals surface area (Å²) in [6.07, 6.45) is 1.83. The highest BCUT2D eigenvalue weighted by Gasteiger charge is 2.22. The van der Waals surface area contributed by atoms with Crippen LogP contribution in [0.1, 0.15) is 31.4 Å². The molecular weight excluding hydrogens is 300 g/mol. The average Bonchev–Trinajstić information content (AvgIpc) is 2.50. The molecule has 2 unspecified atom stereocenters. The first-order valence-corrected chi connectivity index (χ1v) is 8.37. The Morgan fingerprint density at radius 1 is 1.32 bits per heavy atom. The first-order valence-electron chi connectivity index (χ1n) is 7.99. The number of piperidine rings is 1. The number of benzene rings is 1. The molecule has 0 radical (unpaired) electrons. The summed E-state index contributed by atoms with van der Waals surface area (Å²) >= 11 is 5.93. The lowest BCUT2D eigenvalue weighted by atomic mass is 10.0. The number of rotatable bonds is 7. The molecule has 0 amide bonds. The van der Waals surface area contributed by atoms with Crippen molar-refractivity contribution < 1.29 is 9.84 Å². The minimum Gasteiger partial charge on any atom is -0.389 e. The molecule has 0 aromatic heterocycles. The van der Waals surface area contributed by atoms with Crippen molar-refractivity contribution in [2.45, 2.75) is 38.0 Å². The highest BCUT2D eigenvalue weighted by Crippen LogP contribution is 2.19. The lowest BCUT2D eigenvalue weighted by molar-refractivity contribution is 0.0308. The van der Waals surface area contributed by atoms with E-state index in [0.29, 0.717) is 25.2 Å². The molecule has 1 heterocycles. The molecule has 1 aromatic rings. The number of nitrogens with zero attached hydrogens (tertiary/aromatic N) is 1. The zero-order valence-corrected chi connectivity index (χ0v) is 14.2. The van der Waals surface area contributed by atoms with Crippen molar-refractivity contribution in [2.75, 3.05) is 33.4 Å². The predicted molar refractivity (Wildman–Crippen MR) is 90.3 cm³/mol. The Labute approximate surface area is 138 Å². The molecule has 0 bridgehead atoms. The molecule has 1 aromatic carbocycles. The highest BCUT2D eigenvalue weighted by molar-refractivity contribution is 6.30. The monoisotopic (exact) mass is 326 g/mol. The fraction of sp³-hybridized carbons (Fsp3) is 0.647. The van der Waals surface area contributed by atoms with Crippen molar-refractivity contribution in [3.63, 3.8) is 0 Å². The van der Waals surface area contributed by atoms with Crippen LogP contribution in [0.25, 0.3) is 0 Å². The van der Waals surface area contributed by atoms with Crippen molar-refractivity contribution in [3.8, 4) is 0 Å². The lowest BCUT2D eigenvalue weighted by Crippen LogP contribution is -2.46. The van der Waals surface area contributed by atoms with Crippen LogP contribution in [0.15, 0.2) is 24.3 Å². The zero-order valence-electron chi connectivity index (χ0n) is 13.5. The van der Waals surface area contributed by atoms with Gasteiger partial charge in [-0.05, 0) is 50.6 Å². The zero-order chi connectivity index (χ0) is 15.9. The maximum Gasteiger partial charge on any atom is 0.0900 e. The lowest BCUT2D eigenvalue weighted by Gasteiger charge is -2.34. The molecule has 1 fully saturated rings. The summed E-state index contributed by atoms with van der Waals surface area (Å²) in [5, 5.41) is 14.3. The predicted octanol–water partition coefficient (Wildman–Crippen LogP) is 2.46. The Bertz CT molecular complexity index is 433. The molecular formula is C17H27ClN2O2. The average molecular weight is 327 g/mol. The molecule has 124 valence electrons. The van der Waals surface area contributed by atoms with Crippen LogP contribution in [0.2, 0.25) is 5.02 Å². The topological polar surface area (TPSA) is 44.7 Å². The second-order valence-corrected chi connectivity index (χ2v) is 6.56. The molecule has 0 spiro atoms. The number of methoxy groups -OCH3 is 1. The molecule has 5 heteroatoms. The van der Waals surface area contributed by atoms with E-state index in [0.717, 1.165) is 31.0 Å². The maximum absolute atomic E-state index is 9.79. The van der Waals surface area contributed by atoms with Crippen LogP contribution in [-0.2, 0) is 4.74 Å². The van der Waals surface area contributed by atoms with Crippen molar-refractivity contribution in [2.24, 2.45) is 0 Å². The first kappa shape index (κ1) is 17.7. The van der Waals surface area contributed by atoms with Crippen LogP contribution >= 0.6 is 11.6 Å². The summed E-state index contributed by atoms with van der Waals surface area (Å²) in [4.78, 5) is 2.31. The molecule has 0 saturated carbocycles. The first-order chi connectivity index (χ1) is 10.6. The number of ether oxygens (including phenoxy) is 1. The van der Waals surface area contributed by atoms with Gasteiger partial charge >= 0.3 is 0 Å². The van der Waals surface area contributed by atoms with E-state index in [1.54, 1.807) is 7.11 Å². The van der Waals surface area contributed by atoms with Gasteiger partial charge < -0.3 is 20.1 Å². The molecule has 2 rings (SSSR count). The summed E-state index contributed by atoms with van der Waals surface area (Å²) in [6, 6.07) is 8.89. The summed E-state index contributed by atoms with van der Waals surface area (Å²) < 4.78 is 4.98. The van der Waals surface area contributed by atoms with E-state index in [4.69, 9.17) is 16.3 Å². The molecule has 2 N–H and O–H groups in total. The van der Waals surface area contributed by atoms with E-state index in [-0.39, 0.29) is 6.10 Å². The van der Waals surface area contributed by atoms with E-state index in [1.165, 1.54) is 5.56 Å². The van der Waals surface area contributed by atoms with Crippen molar-refractivity contribution in [1.29, 1.82) is 0 Å². The number of aliphatic hydroxyl groups excluding tert-OH is 1. The Kier molecular flexibility index (Phi) is 7.12. The third kappa shape index (κ3) is 5.52. The molecule has 22 heavy (non-hydrogen) atoms. The normalized spacial score (nSPS) is 20.0. The van der Waals surface area contributed by atoms with Crippen molar-refractivity contribution in [1.82, 2.24) is 10.2 Å². The minimum atomic E-state index is -0.387. The summed E-state index contributed by atoms with van der Waals surface area (Å²) in [5.41, 5.74) is 1.27. The molecule has 2 atom stereocenters. The van der Waals surface area contributed by atoms with Gasteiger partial charge in [-0.2, -0.15) is 0 Å². The van der Waals surface area contributed by atoms with Gasteiger partial charge in [0.1, 0.15) is 0 Å².